The Kier molecular flexibility index (Phi) is 3.02. The van der Waals surface area contributed by atoms with Gasteiger partial charge >= 0.3 is 5.97 Å². The van der Waals surface area contributed by atoms with Crippen molar-refractivity contribution in [1.29, 1.82) is 0 Å². The number of carbonyl (C=O) groups is 1. The van der Waals surface area contributed by atoms with E-state index in [0.29, 0.717) is 12.1 Å². The van der Waals surface area contributed by atoms with Gasteiger partial charge in [-0.2, -0.15) is 5.10 Å². The van der Waals surface area contributed by atoms with Gasteiger partial charge in [-0.25, -0.2) is 4.79 Å². The lowest BCUT2D eigenvalue weighted by atomic mass is 10.2. The van der Waals surface area contributed by atoms with Gasteiger partial charge in [-0.05, 0) is 6.92 Å². The van der Waals surface area contributed by atoms with Crippen LogP contribution in [-0.4, -0.2) is 28.0 Å². The molecule has 13 heavy (non-hydrogen) atoms. The molecule has 0 bridgehead atoms. The highest BCUT2D eigenvalue weighted by Gasteiger charge is 2.19. The van der Waals surface area contributed by atoms with Crippen molar-refractivity contribution in [3.8, 4) is 0 Å². The number of ether oxygens (including phenoxy) is 1. The minimum Gasteiger partial charge on any atom is -0.467 e. The van der Waals surface area contributed by atoms with Crippen LogP contribution >= 0.6 is 0 Å². The Labute approximate surface area is 75.9 Å². The van der Waals surface area contributed by atoms with Gasteiger partial charge in [-0.15, -0.1) is 0 Å². The number of aliphatic hydroxyl groups excluding tert-OH is 1. The largest absolute Gasteiger partial charge is 0.467 e. The smallest absolute Gasteiger partial charge is 0.339 e. The van der Waals surface area contributed by atoms with Crippen LogP contribution < -0.4 is 0 Å². The number of aromatic nitrogens is 2. The van der Waals surface area contributed by atoms with Gasteiger partial charge in [0.15, 0.2) is 6.10 Å². The molecule has 1 aromatic rings. The zero-order valence-electron chi connectivity index (χ0n) is 7.60. The van der Waals surface area contributed by atoms with Gasteiger partial charge in [0.05, 0.1) is 13.3 Å². The Balaban J connectivity index is 2.76. The summed E-state index contributed by atoms with van der Waals surface area (Å²) in [5.74, 6) is -0.671. The van der Waals surface area contributed by atoms with Crippen molar-refractivity contribution in [3.63, 3.8) is 0 Å². The maximum atomic E-state index is 10.9. The molecular formula is C8H12N2O3. The molecule has 0 radical (unpaired) electrons. The molecular weight excluding hydrogens is 172 g/mol. The first-order valence-corrected chi connectivity index (χ1v) is 3.97. The van der Waals surface area contributed by atoms with Crippen molar-refractivity contribution in [2.45, 2.75) is 19.6 Å². The van der Waals surface area contributed by atoms with E-state index in [2.05, 4.69) is 9.84 Å². The second-order valence-electron chi connectivity index (χ2n) is 2.56. The SMILES string of the molecule is CCn1cc(C(O)C(=O)OC)cn1. The van der Waals surface area contributed by atoms with Gasteiger partial charge < -0.3 is 9.84 Å². The van der Waals surface area contributed by atoms with Gasteiger partial charge in [-0.1, -0.05) is 0 Å². The minimum absolute atomic E-state index is 0.453. The second-order valence-corrected chi connectivity index (χ2v) is 2.56. The van der Waals surface area contributed by atoms with E-state index in [1.807, 2.05) is 6.92 Å². The molecule has 1 unspecified atom stereocenters. The normalized spacial score (nSPS) is 12.5. The third kappa shape index (κ3) is 2.06. The van der Waals surface area contributed by atoms with E-state index < -0.39 is 12.1 Å². The van der Waals surface area contributed by atoms with E-state index in [-0.39, 0.29) is 0 Å². The lowest BCUT2D eigenvalue weighted by Crippen LogP contribution is -2.12. The summed E-state index contributed by atoms with van der Waals surface area (Å²) in [6.07, 6.45) is 1.83. The zero-order valence-corrected chi connectivity index (χ0v) is 7.60. The molecule has 0 spiro atoms. The molecule has 5 nitrogen and oxygen atoms in total. The number of carbonyl (C=O) groups excluding carboxylic acids is 1. The predicted octanol–water partition coefficient (Wildman–Crippen LogP) is 0.109. The van der Waals surface area contributed by atoms with Crippen molar-refractivity contribution in [1.82, 2.24) is 9.78 Å². The monoisotopic (exact) mass is 184 g/mol. The Hall–Kier alpha value is -1.36. The molecule has 0 aromatic carbocycles. The van der Waals surface area contributed by atoms with Crippen molar-refractivity contribution < 1.29 is 14.6 Å². The summed E-state index contributed by atoms with van der Waals surface area (Å²) in [6, 6.07) is 0. The predicted molar refractivity (Wildman–Crippen MR) is 44.9 cm³/mol. The molecule has 0 aliphatic rings. The van der Waals surface area contributed by atoms with E-state index in [9.17, 15) is 9.90 Å². The number of aliphatic hydroxyl groups is 1. The highest BCUT2D eigenvalue weighted by atomic mass is 16.5. The van der Waals surface area contributed by atoms with E-state index >= 15 is 0 Å². The van der Waals surface area contributed by atoms with E-state index in [1.54, 1.807) is 10.9 Å². The van der Waals surface area contributed by atoms with Gasteiger partial charge in [0.2, 0.25) is 0 Å². The standard InChI is InChI=1S/C8H12N2O3/c1-3-10-5-6(4-9-10)7(11)8(12)13-2/h4-5,7,11H,3H2,1-2H3. The number of rotatable bonds is 3. The van der Waals surface area contributed by atoms with Crippen LogP contribution in [0.15, 0.2) is 12.4 Å². The third-order valence-electron chi connectivity index (χ3n) is 1.72. The van der Waals surface area contributed by atoms with E-state index in [4.69, 9.17) is 0 Å². The fourth-order valence-electron chi connectivity index (χ4n) is 0.941. The summed E-state index contributed by atoms with van der Waals surface area (Å²) in [6.45, 7) is 2.62. The topological polar surface area (TPSA) is 64.4 Å². The highest BCUT2D eigenvalue weighted by molar-refractivity contribution is 5.75. The molecule has 0 fully saturated rings. The minimum atomic E-state index is -1.23. The number of esters is 1. The number of hydrogen-bond acceptors (Lipinski definition) is 4. The summed E-state index contributed by atoms with van der Waals surface area (Å²) >= 11 is 0. The average Bonchev–Trinajstić information content (AvgIpc) is 2.63. The number of hydrogen-bond donors (Lipinski definition) is 1. The first-order valence-electron chi connectivity index (χ1n) is 3.97. The first-order chi connectivity index (χ1) is 6.19. The summed E-state index contributed by atoms with van der Waals surface area (Å²) in [5, 5.41) is 13.3. The van der Waals surface area contributed by atoms with Crippen molar-refractivity contribution in [2.75, 3.05) is 7.11 Å². The molecule has 0 saturated heterocycles. The maximum Gasteiger partial charge on any atom is 0.339 e. The molecule has 1 heterocycles. The van der Waals surface area contributed by atoms with Crippen LogP contribution in [0.3, 0.4) is 0 Å². The summed E-state index contributed by atoms with van der Waals surface area (Å²) in [4.78, 5) is 10.9. The Morgan fingerprint density at radius 1 is 1.85 bits per heavy atom. The van der Waals surface area contributed by atoms with Crippen LogP contribution in [0.5, 0.6) is 0 Å². The zero-order chi connectivity index (χ0) is 9.84. The van der Waals surface area contributed by atoms with Crippen LogP contribution in [0.2, 0.25) is 0 Å². The second kappa shape index (κ2) is 4.04. The van der Waals surface area contributed by atoms with Gasteiger partial charge in [0.1, 0.15) is 0 Å². The summed E-state index contributed by atoms with van der Waals surface area (Å²) in [7, 11) is 1.23. The third-order valence-corrected chi connectivity index (χ3v) is 1.72. The quantitative estimate of drug-likeness (QED) is 0.677. The average molecular weight is 184 g/mol. The van der Waals surface area contributed by atoms with Crippen LogP contribution in [-0.2, 0) is 16.1 Å². The lowest BCUT2D eigenvalue weighted by molar-refractivity contribution is -0.150. The van der Waals surface area contributed by atoms with Gasteiger partial charge in [0, 0.05) is 18.3 Å². The maximum absolute atomic E-state index is 10.9. The number of methoxy groups -OCH3 is 1. The number of aryl methyl sites for hydroxylation is 1. The van der Waals surface area contributed by atoms with Crippen LogP contribution in [0.4, 0.5) is 0 Å². The first kappa shape index (κ1) is 9.73. The molecule has 0 amide bonds. The number of nitrogens with zero attached hydrogens (tertiary/aromatic N) is 2. The van der Waals surface area contributed by atoms with Crippen LogP contribution in [0, 0.1) is 0 Å². The summed E-state index contributed by atoms with van der Waals surface area (Å²) < 4.78 is 6.01. The molecule has 72 valence electrons. The highest BCUT2D eigenvalue weighted by Crippen LogP contribution is 2.12. The Morgan fingerprint density at radius 3 is 3.00 bits per heavy atom. The molecule has 1 rings (SSSR count). The van der Waals surface area contributed by atoms with Crippen molar-refractivity contribution in [3.05, 3.63) is 18.0 Å². The molecule has 1 atom stereocenters. The fraction of sp³-hybridized carbons (Fsp3) is 0.500. The Morgan fingerprint density at radius 2 is 2.54 bits per heavy atom. The molecule has 0 aliphatic heterocycles. The lowest BCUT2D eigenvalue weighted by Gasteiger charge is -2.04. The molecule has 0 aliphatic carbocycles. The molecule has 1 N–H and O–H groups in total. The van der Waals surface area contributed by atoms with E-state index in [1.165, 1.54) is 13.3 Å². The van der Waals surface area contributed by atoms with Crippen LogP contribution in [0.1, 0.15) is 18.6 Å². The van der Waals surface area contributed by atoms with Crippen LogP contribution in [0.25, 0.3) is 0 Å². The molecule has 1 aromatic heterocycles. The van der Waals surface area contributed by atoms with Gasteiger partial charge in [0.25, 0.3) is 0 Å². The van der Waals surface area contributed by atoms with Gasteiger partial charge in [-0.3, -0.25) is 4.68 Å². The Bertz CT molecular complexity index is 295. The van der Waals surface area contributed by atoms with Crippen molar-refractivity contribution in [2.24, 2.45) is 0 Å². The molecule has 5 heteroatoms. The van der Waals surface area contributed by atoms with E-state index in [0.717, 1.165) is 0 Å². The molecule has 0 saturated carbocycles. The summed E-state index contributed by atoms with van der Waals surface area (Å²) in [5.41, 5.74) is 0.453. The fourth-order valence-corrected chi connectivity index (χ4v) is 0.941. The van der Waals surface area contributed by atoms with Crippen molar-refractivity contribution >= 4 is 5.97 Å².